The first-order valence-electron chi connectivity index (χ1n) is 12.9. The van der Waals surface area contributed by atoms with Gasteiger partial charge in [0.05, 0.1) is 11.3 Å². The van der Waals surface area contributed by atoms with Crippen molar-refractivity contribution in [3.8, 4) is 5.75 Å². The zero-order chi connectivity index (χ0) is 25.8. The average molecular weight is 493 g/mol. The molecule has 36 heavy (non-hydrogen) atoms. The Kier molecular flexibility index (Phi) is 10.5. The zero-order valence-electron chi connectivity index (χ0n) is 20.9. The fourth-order valence-corrected chi connectivity index (χ4v) is 4.17. The van der Waals surface area contributed by atoms with Crippen molar-refractivity contribution in [2.75, 3.05) is 11.9 Å². The molecule has 0 saturated heterocycles. The Hall–Kier alpha value is -3.68. The quantitative estimate of drug-likeness (QED) is 0.216. The van der Waals surface area contributed by atoms with Crippen LogP contribution in [0.1, 0.15) is 97.4 Å². The third-order valence-electron chi connectivity index (χ3n) is 6.23. The van der Waals surface area contributed by atoms with Crippen LogP contribution >= 0.6 is 0 Å². The van der Waals surface area contributed by atoms with Gasteiger partial charge in [0.25, 0.3) is 17.7 Å². The van der Waals surface area contributed by atoms with Gasteiger partial charge in [0.1, 0.15) is 5.75 Å². The fraction of sp³-hybridized carbons (Fsp3) is 0.429. The molecular formula is C28H36N4O4. The number of aromatic hydroxyl groups is 1. The van der Waals surface area contributed by atoms with Gasteiger partial charge in [-0.3, -0.25) is 14.4 Å². The minimum absolute atomic E-state index is 0.0291. The Morgan fingerprint density at radius 2 is 1.50 bits per heavy atom. The van der Waals surface area contributed by atoms with Crippen molar-refractivity contribution in [3.63, 3.8) is 0 Å². The van der Waals surface area contributed by atoms with E-state index in [2.05, 4.69) is 28.1 Å². The Morgan fingerprint density at radius 3 is 2.17 bits per heavy atom. The third kappa shape index (κ3) is 7.66. The molecule has 3 amide bonds. The van der Waals surface area contributed by atoms with Crippen LogP contribution < -0.4 is 16.1 Å². The van der Waals surface area contributed by atoms with Crippen LogP contribution in [0.3, 0.4) is 0 Å². The number of benzene rings is 2. The molecule has 3 rings (SSSR count). The standard InChI is InChI=1S/C28H36N4O4/c1-2-3-4-5-6-7-8-9-10-11-19-29-27(35)23-14-12-13-22-24(23)30-28(36)25(22)31-32-26(34)20-15-17-21(33)18-16-20/h12-18,33H,2-11,19H2,1H3,(H,29,35)(H,32,34)(H,30,31,36). The summed E-state index contributed by atoms with van der Waals surface area (Å²) in [6, 6.07) is 10.7. The van der Waals surface area contributed by atoms with Crippen molar-refractivity contribution in [1.29, 1.82) is 0 Å². The smallest absolute Gasteiger partial charge is 0.276 e. The number of hydrogen-bond acceptors (Lipinski definition) is 5. The average Bonchev–Trinajstić information content (AvgIpc) is 3.21. The van der Waals surface area contributed by atoms with Crippen LogP contribution in [0.15, 0.2) is 47.6 Å². The van der Waals surface area contributed by atoms with Gasteiger partial charge in [0.2, 0.25) is 0 Å². The van der Waals surface area contributed by atoms with Gasteiger partial charge in [-0.05, 0) is 36.8 Å². The van der Waals surface area contributed by atoms with Crippen molar-refractivity contribution in [2.24, 2.45) is 5.10 Å². The number of nitrogens with one attached hydrogen (secondary N) is 3. The van der Waals surface area contributed by atoms with E-state index in [4.69, 9.17) is 0 Å². The van der Waals surface area contributed by atoms with Crippen LogP contribution in [0.25, 0.3) is 0 Å². The molecule has 1 heterocycles. The van der Waals surface area contributed by atoms with Crippen LogP contribution in [0, 0.1) is 0 Å². The second kappa shape index (κ2) is 14.0. The van der Waals surface area contributed by atoms with Crippen molar-refractivity contribution in [2.45, 2.75) is 71.1 Å². The lowest BCUT2D eigenvalue weighted by atomic mass is 10.1. The topological polar surface area (TPSA) is 120 Å². The first-order valence-corrected chi connectivity index (χ1v) is 12.9. The van der Waals surface area contributed by atoms with Gasteiger partial charge < -0.3 is 15.7 Å². The summed E-state index contributed by atoms with van der Waals surface area (Å²) in [7, 11) is 0. The number of carbonyl (C=O) groups is 3. The summed E-state index contributed by atoms with van der Waals surface area (Å²) in [6.07, 6.45) is 12.3. The van der Waals surface area contributed by atoms with E-state index >= 15 is 0 Å². The Balaban J connectivity index is 1.47. The van der Waals surface area contributed by atoms with Crippen molar-refractivity contribution < 1.29 is 19.5 Å². The molecule has 0 aliphatic carbocycles. The molecule has 0 fully saturated rings. The summed E-state index contributed by atoms with van der Waals surface area (Å²) in [6.45, 7) is 2.81. The molecular weight excluding hydrogens is 456 g/mol. The number of phenols is 1. The van der Waals surface area contributed by atoms with Crippen molar-refractivity contribution in [1.82, 2.24) is 10.7 Å². The monoisotopic (exact) mass is 492 g/mol. The van der Waals surface area contributed by atoms with Gasteiger partial charge in [-0.25, -0.2) is 5.43 Å². The van der Waals surface area contributed by atoms with Crippen LogP contribution in [0.5, 0.6) is 5.75 Å². The number of para-hydroxylation sites is 1. The first kappa shape index (κ1) is 26.9. The molecule has 8 heteroatoms. The number of nitrogens with zero attached hydrogens (tertiary/aromatic N) is 1. The number of rotatable bonds is 14. The molecule has 0 saturated carbocycles. The maximum atomic E-state index is 12.8. The highest BCUT2D eigenvalue weighted by Gasteiger charge is 2.30. The zero-order valence-corrected chi connectivity index (χ0v) is 20.9. The molecule has 2 aromatic carbocycles. The van der Waals surface area contributed by atoms with Crippen LogP contribution in [-0.2, 0) is 4.79 Å². The molecule has 8 nitrogen and oxygen atoms in total. The SMILES string of the molecule is CCCCCCCCCCCCNC(=O)c1cccc2c1NC(=O)/C2=N\NC(=O)c1ccc(O)cc1. The largest absolute Gasteiger partial charge is 0.508 e. The van der Waals surface area contributed by atoms with E-state index in [1.165, 1.54) is 75.6 Å². The van der Waals surface area contributed by atoms with Gasteiger partial charge in [-0.2, -0.15) is 5.10 Å². The van der Waals surface area contributed by atoms with E-state index in [0.29, 0.717) is 23.4 Å². The number of hydrazone groups is 1. The Morgan fingerprint density at radius 1 is 0.861 bits per heavy atom. The number of unbranched alkanes of at least 4 members (excludes halogenated alkanes) is 9. The number of fused-ring (bicyclic) bond motifs is 1. The minimum Gasteiger partial charge on any atom is -0.508 e. The van der Waals surface area contributed by atoms with Gasteiger partial charge >= 0.3 is 0 Å². The molecule has 0 aromatic heterocycles. The fourth-order valence-electron chi connectivity index (χ4n) is 4.17. The molecule has 192 valence electrons. The maximum absolute atomic E-state index is 12.8. The summed E-state index contributed by atoms with van der Waals surface area (Å²) < 4.78 is 0. The van der Waals surface area contributed by atoms with E-state index < -0.39 is 11.8 Å². The molecule has 1 aliphatic heterocycles. The van der Waals surface area contributed by atoms with E-state index in [1.807, 2.05) is 0 Å². The highest BCUT2D eigenvalue weighted by molar-refractivity contribution is 6.54. The lowest BCUT2D eigenvalue weighted by Crippen LogP contribution is -2.25. The molecule has 0 atom stereocenters. The van der Waals surface area contributed by atoms with Gasteiger partial charge in [-0.15, -0.1) is 0 Å². The second-order valence-electron chi connectivity index (χ2n) is 9.07. The molecule has 0 radical (unpaired) electrons. The molecule has 0 unspecified atom stereocenters. The van der Waals surface area contributed by atoms with Crippen molar-refractivity contribution in [3.05, 3.63) is 59.2 Å². The van der Waals surface area contributed by atoms with Gasteiger partial charge in [0, 0.05) is 17.7 Å². The normalized spacial score (nSPS) is 13.4. The lowest BCUT2D eigenvalue weighted by molar-refractivity contribution is -0.110. The Bertz CT molecular complexity index is 1080. The minimum atomic E-state index is -0.519. The van der Waals surface area contributed by atoms with Crippen molar-refractivity contribution >= 4 is 29.1 Å². The van der Waals surface area contributed by atoms with E-state index in [9.17, 15) is 19.5 Å². The summed E-state index contributed by atoms with van der Waals surface area (Å²) in [5.41, 5.74) is 3.89. The summed E-state index contributed by atoms with van der Waals surface area (Å²) in [5, 5.41) is 19.0. The van der Waals surface area contributed by atoms with E-state index in [-0.39, 0.29) is 22.9 Å². The van der Waals surface area contributed by atoms with Crippen LogP contribution in [0.4, 0.5) is 5.69 Å². The number of anilines is 1. The summed E-state index contributed by atoms with van der Waals surface area (Å²) >= 11 is 0. The van der Waals surface area contributed by atoms with E-state index in [1.54, 1.807) is 18.2 Å². The first-order chi connectivity index (χ1) is 17.5. The summed E-state index contributed by atoms with van der Waals surface area (Å²) in [4.78, 5) is 37.6. The van der Waals surface area contributed by atoms with E-state index in [0.717, 1.165) is 12.8 Å². The predicted octanol–water partition coefficient (Wildman–Crippen LogP) is 5.13. The lowest BCUT2D eigenvalue weighted by Gasteiger charge is -2.09. The summed E-state index contributed by atoms with van der Waals surface area (Å²) in [5.74, 6) is -1.22. The number of carbonyl (C=O) groups excluding carboxylic acids is 3. The third-order valence-corrected chi connectivity index (χ3v) is 6.23. The molecule has 2 aromatic rings. The highest BCUT2D eigenvalue weighted by atomic mass is 16.3. The molecule has 4 N–H and O–H groups in total. The second-order valence-corrected chi connectivity index (χ2v) is 9.07. The number of phenolic OH excluding ortho intramolecular Hbond substituents is 1. The number of amides is 3. The molecule has 0 bridgehead atoms. The predicted molar refractivity (Wildman–Crippen MR) is 141 cm³/mol. The van der Waals surface area contributed by atoms with Crippen LogP contribution in [0.2, 0.25) is 0 Å². The van der Waals surface area contributed by atoms with Crippen LogP contribution in [-0.4, -0.2) is 35.1 Å². The van der Waals surface area contributed by atoms with Gasteiger partial charge in [-0.1, -0.05) is 76.8 Å². The Labute approximate surface area is 212 Å². The highest BCUT2D eigenvalue weighted by Crippen LogP contribution is 2.27. The molecule has 0 spiro atoms. The maximum Gasteiger partial charge on any atom is 0.276 e. The van der Waals surface area contributed by atoms with Gasteiger partial charge in [0.15, 0.2) is 5.71 Å². The molecule has 1 aliphatic rings. The number of hydrogen-bond donors (Lipinski definition) is 4.